The van der Waals surface area contributed by atoms with Crippen LogP contribution in [0.3, 0.4) is 0 Å². The largest absolute Gasteiger partial charge is 0.440 e. The van der Waals surface area contributed by atoms with E-state index in [9.17, 15) is 4.39 Å². The molecule has 3 rings (SSSR count). The second kappa shape index (κ2) is 4.35. The normalized spacial score (nSPS) is 24.6. The summed E-state index contributed by atoms with van der Waals surface area (Å²) in [6.45, 7) is 4.10. The molecule has 96 valence electrons. The van der Waals surface area contributed by atoms with Gasteiger partial charge in [0.2, 0.25) is 5.89 Å². The first-order valence-corrected chi connectivity index (χ1v) is 6.51. The van der Waals surface area contributed by atoms with Crippen LogP contribution in [0.15, 0.2) is 22.6 Å². The number of hydrogen-bond acceptors (Lipinski definition) is 3. The van der Waals surface area contributed by atoms with Crippen LogP contribution in [0.1, 0.15) is 32.1 Å². The number of aromatic nitrogens is 1. The Hall–Kier alpha value is -1.42. The fraction of sp³-hybridized carbons (Fsp3) is 0.500. The lowest BCUT2D eigenvalue weighted by atomic mass is 9.78. The van der Waals surface area contributed by atoms with Gasteiger partial charge in [0.25, 0.3) is 0 Å². The molecule has 0 radical (unpaired) electrons. The van der Waals surface area contributed by atoms with Gasteiger partial charge in [0, 0.05) is 12.6 Å². The fourth-order valence-corrected chi connectivity index (χ4v) is 2.73. The molecule has 2 aromatic rings. The van der Waals surface area contributed by atoms with E-state index < -0.39 is 0 Å². The first-order chi connectivity index (χ1) is 8.73. The quantitative estimate of drug-likeness (QED) is 0.887. The second-order valence-electron chi connectivity index (χ2n) is 5.05. The van der Waals surface area contributed by atoms with E-state index >= 15 is 0 Å². The minimum atomic E-state index is -0.280. The van der Waals surface area contributed by atoms with Crippen molar-refractivity contribution >= 4 is 11.1 Å². The number of oxazole rings is 1. The molecule has 0 saturated carbocycles. The highest BCUT2D eigenvalue weighted by Crippen LogP contribution is 2.35. The minimum absolute atomic E-state index is 0.0340. The second-order valence-corrected chi connectivity index (χ2v) is 5.05. The number of benzene rings is 1. The third-order valence-electron chi connectivity index (χ3n) is 3.95. The SMILES string of the molecule is CCC1(c2nc3ccc(F)cc3o2)CCCNC1. The number of fused-ring (bicyclic) bond motifs is 1. The molecule has 1 aromatic carbocycles. The maximum Gasteiger partial charge on any atom is 0.202 e. The lowest BCUT2D eigenvalue weighted by molar-refractivity contribution is 0.249. The molecular weight excluding hydrogens is 231 g/mol. The maximum atomic E-state index is 13.2. The van der Waals surface area contributed by atoms with Crippen molar-refractivity contribution in [2.45, 2.75) is 31.6 Å². The highest BCUT2D eigenvalue weighted by molar-refractivity contribution is 5.72. The Morgan fingerprint density at radius 3 is 3.11 bits per heavy atom. The summed E-state index contributed by atoms with van der Waals surface area (Å²) in [5.41, 5.74) is 1.25. The van der Waals surface area contributed by atoms with Crippen molar-refractivity contribution in [3.8, 4) is 0 Å². The van der Waals surface area contributed by atoms with Gasteiger partial charge >= 0.3 is 0 Å². The van der Waals surface area contributed by atoms with Gasteiger partial charge in [-0.1, -0.05) is 6.92 Å². The van der Waals surface area contributed by atoms with Gasteiger partial charge in [-0.05, 0) is 37.9 Å². The summed E-state index contributed by atoms with van der Waals surface area (Å²) in [7, 11) is 0. The van der Waals surface area contributed by atoms with Crippen LogP contribution in [0.4, 0.5) is 4.39 Å². The van der Waals surface area contributed by atoms with Crippen LogP contribution in [0.5, 0.6) is 0 Å². The van der Waals surface area contributed by atoms with Crippen molar-refractivity contribution in [2.75, 3.05) is 13.1 Å². The van der Waals surface area contributed by atoms with Crippen molar-refractivity contribution < 1.29 is 8.81 Å². The third kappa shape index (κ3) is 1.81. The summed E-state index contributed by atoms with van der Waals surface area (Å²) in [6, 6.07) is 4.51. The van der Waals surface area contributed by atoms with Gasteiger partial charge < -0.3 is 9.73 Å². The number of halogens is 1. The van der Waals surface area contributed by atoms with Crippen molar-refractivity contribution in [1.29, 1.82) is 0 Å². The molecule has 4 heteroatoms. The van der Waals surface area contributed by atoms with Gasteiger partial charge in [-0.25, -0.2) is 9.37 Å². The molecule has 18 heavy (non-hydrogen) atoms. The molecule has 1 unspecified atom stereocenters. The molecule has 0 spiro atoms. The Kier molecular flexibility index (Phi) is 2.82. The fourth-order valence-electron chi connectivity index (χ4n) is 2.73. The number of hydrogen-bond donors (Lipinski definition) is 1. The van der Waals surface area contributed by atoms with Gasteiger partial charge in [-0.15, -0.1) is 0 Å². The van der Waals surface area contributed by atoms with E-state index in [-0.39, 0.29) is 11.2 Å². The van der Waals surface area contributed by atoms with E-state index in [2.05, 4.69) is 17.2 Å². The molecule has 1 N–H and O–H groups in total. The first kappa shape index (κ1) is 11.7. The van der Waals surface area contributed by atoms with E-state index in [1.54, 1.807) is 6.07 Å². The van der Waals surface area contributed by atoms with Crippen molar-refractivity contribution in [3.05, 3.63) is 29.9 Å². The number of piperidine rings is 1. The zero-order valence-electron chi connectivity index (χ0n) is 10.5. The maximum absolute atomic E-state index is 13.2. The first-order valence-electron chi connectivity index (χ1n) is 6.51. The van der Waals surface area contributed by atoms with E-state index in [0.717, 1.165) is 43.8 Å². The van der Waals surface area contributed by atoms with Crippen LogP contribution in [0, 0.1) is 5.82 Å². The topological polar surface area (TPSA) is 38.1 Å². The molecular formula is C14H17FN2O. The summed E-state index contributed by atoms with van der Waals surface area (Å²) in [6.07, 6.45) is 3.18. The Morgan fingerprint density at radius 2 is 2.39 bits per heavy atom. The molecule has 1 atom stereocenters. The molecule has 0 bridgehead atoms. The molecule has 1 aromatic heterocycles. The Labute approximate surface area is 105 Å². The summed E-state index contributed by atoms with van der Waals surface area (Å²) >= 11 is 0. The van der Waals surface area contributed by atoms with E-state index in [1.165, 1.54) is 12.1 Å². The smallest absolute Gasteiger partial charge is 0.202 e. The van der Waals surface area contributed by atoms with Crippen LogP contribution < -0.4 is 5.32 Å². The molecule has 0 aliphatic carbocycles. The predicted molar refractivity (Wildman–Crippen MR) is 68.0 cm³/mol. The average molecular weight is 248 g/mol. The van der Waals surface area contributed by atoms with Gasteiger partial charge in [0.05, 0.1) is 5.41 Å². The van der Waals surface area contributed by atoms with Gasteiger partial charge in [0.15, 0.2) is 5.58 Å². The lowest BCUT2D eigenvalue weighted by Crippen LogP contribution is -2.43. The molecule has 2 heterocycles. The molecule has 3 nitrogen and oxygen atoms in total. The van der Waals surface area contributed by atoms with Gasteiger partial charge in [-0.2, -0.15) is 0 Å². The van der Waals surface area contributed by atoms with Crippen LogP contribution in [0.25, 0.3) is 11.1 Å². The minimum Gasteiger partial charge on any atom is -0.440 e. The number of nitrogens with one attached hydrogen (secondary N) is 1. The molecule has 0 amide bonds. The zero-order valence-corrected chi connectivity index (χ0v) is 10.5. The summed E-state index contributed by atoms with van der Waals surface area (Å²) in [4.78, 5) is 4.55. The Balaban J connectivity index is 2.06. The number of nitrogens with zero attached hydrogens (tertiary/aromatic N) is 1. The summed E-state index contributed by atoms with van der Waals surface area (Å²) < 4.78 is 19.0. The average Bonchev–Trinajstić information content (AvgIpc) is 2.83. The van der Waals surface area contributed by atoms with Crippen LogP contribution in [0.2, 0.25) is 0 Å². The van der Waals surface area contributed by atoms with Gasteiger partial charge in [-0.3, -0.25) is 0 Å². The van der Waals surface area contributed by atoms with Crippen molar-refractivity contribution in [3.63, 3.8) is 0 Å². The Bertz CT molecular complexity index is 558. The summed E-state index contributed by atoms with van der Waals surface area (Å²) in [5.74, 6) is 0.468. The molecule has 1 saturated heterocycles. The van der Waals surface area contributed by atoms with E-state index in [0.29, 0.717) is 5.58 Å². The highest BCUT2D eigenvalue weighted by atomic mass is 19.1. The monoisotopic (exact) mass is 248 g/mol. The van der Waals surface area contributed by atoms with Gasteiger partial charge in [0.1, 0.15) is 11.3 Å². The van der Waals surface area contributed by atoms with Crippen molar-refractivity contribution in [1.82, 2.24) is 10.3 Å². The standard InChI is InChI=1S/C14H17FN2O/c1-2-14(6-3-7-16-9-14)13-17-11-5-4-10(15)8-12(11)18-13/h4-5,8,16H,2-3,6-7,9H2,1H3. The lowest BCUT2D eigenvalue weighted by Gasteiger charge is -2.33. The van der Waals surface area contributed by atoms with E-state index in [4.69, 9.17) is 4.42 Å². The molecule has 1 fully saturated rings. The van der Waals surface area contributed by atoms with Crippen LogP contribution in [-0.2, 0) is 5.41 Å². The molecule has 1 aliphatic rings. The van der Waals surface area contributed by atoms with Crippen LogP contribution >= 0.6 is 0 Å². The summed E-state index contributed by atoms with van der Waals surface area (Å²) in [5, 5.41) is 3.41. The zero-order chi connectivity index (χ0) is 12.6. The predicted octanol–water partition coefficient (Wildman–Crippen LogP) is 3.00. The highest BCUT2D eigenvalue weighted by Gasteiger charge is 2.36. The van der Waals surface area contributed by atoms with Crippen LogP contribution in [-0.4, -0.2) is 18.1 Å². The Morgan fingerprint density at radius 1 is 1.50 bits per heavy atom. The van der Waals surface area contributed by atoms with E-state index in [1.807, 2.05) is 0 Å². The third-order valence-corrected chi connectivity index (χ3v) is 3.95. The number of rotatable bonds is 2. The van der Waals surface area contributed by atoms with Crippen molar-refractivity contribution in [2.24, 2.45) is 0 Å². The molecule has 1 aliphatic heterocycles.